The number of aliphatic hydroxyl groups is 1. The van der Waals surface area contributed by atoms with E-state index in [1.807, 2.05) is 30.3 Å². The maximum atomic E-state index is 9.89. The number of hydrogen-bond acceptors (Lipinski definition) is 2. The average Bonchev–Trinajstić information content (AvgIpc) is 2.47. The first-order valence-electron chi connectivity index (χ1n) is 4.76. The molecule has 1 aliphatic rings. The summed E-state index contributed by atoms with van der Waals surface area (Å²) in [7, 11) is 0. The van der Waals surface area contributed by atoms with Crippen molar-refractivity contribution in [3.8, 4) is 0 Å². The van der Waals surface area contributed by atoms with Gasteiger partial charge in [-0.1, -0.05) is 30.3 Å². The molecule has 13 heavy (non-hydrogen) atoms. The minimum absolute atomic E-state index is 0.119. The predicted molar refractivity (Wildman–Crippen MR) is 52.2 cm³/mol. The van der Waals surface area contributed by atoms with Crippen LogP contribution in [0.4, 0.5) is 0 Å². The first kappa shape index (κ1) is 8.73. The molecule has 1 saturated carbocycles. The van der Waals surface area contributed by atoms with Crippen LogP contribution >= 0.6 is 0 Å². The van der Waals surface area contributed by atoms with Crippen LogP contribution < -0.4 is 5.73 Å². The van der Waals surface area contributed by atoms with Crippen LogP contribution in [0.15, 0.2) is 30.3 Å². The summed E-state index contributed by atoms with van der Waals surface area (Å²) in [6.07, 6.45) is 2.73. The number of benzene rings is 1. The molecule has 1 aliphatic carbocycles. The highest BCUT2D eigenvalue weighted by atomic mass is 16.3. The van der Waals surface area contributed by atoms with Crippen molar-refractivity contribution in [1.82, 2.24) is 0 Å². The van der Waals surface area contributed by atoms with E-state index in [1.54, 1.807) is 0 Å². The van der Waals surface area contributed by atoms with Gasteiger partial charge in [-0.3, -0.25) is 0 Å². The molecular formula is C11H15NO. The molecule has 1 aromatic rings. The van der Waals surface area contributed by atoms with Crippen molar-refractivity contribution in [2.75, 3.05) is 0 Å². The summed E-state index contributed by atoms with van der Waals surface area (Å²) in [4.78, 5) is 0. The van der Waals surface area contributed by atoms with Gasteiger partial charge >= 0.3 is 0 Å². The van der Waals surface area contributed by atoms with E-state index in [0.29, 0.717) is 6.42 Å². The second-order valence-electron chi connectivity index (χ2n) is 3.85. The molecule has 1 aromatic carbocycles. The molecule has 0 bridgehead atoms. The van der Waals surface area contributed by atoms with Gasteiger partial charge in [0.15, 0.2) is 0 Å². The van der Waals surface area contributed by atoms with Crippen LogP contribution in [-0.2, 0) is 0 Å². The normalized spacial score (nSPS) is 33.5. The van der Waals surface area contributed by atoms with Crippen LogP contribution in [0, 0.1) is 0 Å². The minimum atomic E-state index is -0.985. The molecule has 0 saturated heterocycles. The maximum Gasteiger partial charge on any atom is 0.120 e. The average molecular weight is 177 g/mol. The van der Waals surface area contributed by atoms with Gasteiger partial charge in [-0.15, -0.1) is 0 Å². The van der Waals surface area contributed by atoms with Crippen LogP contribution in [0.5, 0.6) is 0 Å². The van der Waals surface area contributed by atoms with E-state index in [2.05, 4.69) is 0 Å². The summed E-state index contributed by atoms with van der Waals surface area (Å²) in [6.45, 7) is 0. The largest absolute Gasteiger partial charge is 0.375 e. The lowest BCUT2D eigenvalue weighted by molar-refractivity contribution is 0.0367. The summed E-state index contributed by atoms with van der Waals surface area (Å²) in [5.41, 5.74) is 5.98. The molecule has 2 rings (SSSR count). The second kappa shape index (κ2) is 3.13. The zero-order valence-electron chi connectivity index (χ0n) is 7.61. The van der Waals surface area contributed by atoms with Gasteiger partial charge in [0, 0.05) is 5.92 Å². The van der Waals surface area contributed by atoms with Crippen LogP contribution in [-0.4, -0.2) is 10.8 Å². The SMILES string of the molecule is NC1(O)CCCC1c1ccccc1. The summed E-state index contributed by atoms with van der Waals surface area (Å²) < 4.78 is 0. The lowest BCUT2D eigenvalue weighted by atomic mass is 9.92. The highest BCUT2D eigenvalue weighted by Gasteiger charge is 2.38. The van der Waals surface area contributed by atoms with Gasteiger partial charge in [0.05, 0.1) is 0 Å². The molecule has 0 amide bonds. The third kappa shape index (κ3) is 1.60. The van der Waals surface area contributed by atoms with Crippen LogP contribution in [0.2, 0.25) is 0 Å². The Morgan fingerprint density at radius 3 is 2.54 bits per heavy atom. The molecule has 0 spiro atoms. The molecular weight excluding hydrogens is 162 g/mol. The second-order valence-corrected chi connectivity index (χ2v) is 3.85. The zero-order valence-corrected chi connectivity index (χ0v) is 7.61. The van der Waals surface area contributed by atoms with E-state index >= 15 is 0 Å². The Balaban J connectivity index is 2.27. The monoisotopic (exact) mass is 177 g/mol. The summed E-state index contributed by atoms with van der Waals surface area (Å²) >= 11 is 0. The third-order valence-electron chi connectivity index (χ3n) is 2.88. The van der Waals surface area contributed by atoms with Gasteiger partial charge in [-0.2, -0.15) is 0 Å². The van der Waals surface area contributed by atoms with Gasteiger partial charge in [0.2, 0.25) is 0 Å². The van der Waals surface area contributed by atoms with E-state index in [4.69, 9.17) is 5.73 Å². The summed E-state index contributed by atoms with van der Waals surface area (Å²) in [5, 5.41) is 9.89. The van der Waals surface area contributed by atoms with Crippen molar-refractivity contribution in [2.24, 2.45) is 5.73 Å². The molecule has 70 valence electrons. The van der Waals surface area contributed by atoms with Crippen molar-refractivity contribution in [1.29, 1.82) is 0 Å². The molecule has 2 unspecified atom stereocenters. The molecule has 0 aliphatic heterocycles. The zero-order chi connectivity index (χ0) is 9.31. The van der Waals surface area contributed by atoms with Gasteiger partial charge in [-0.05, 0) is 24.8 Å². The lowest BCUT2D eigenvalue weighted by Gasteiger charge is -2.25. The Kier molecular flexibility index (Phi) is 2.10. The fourth-order valence-electron chi connectivity index (χ4n) is 2.15. The smallest absolute Gasteiger partial charge is 0.120 e. The van der Waals surface area contributed by atoms with Gasteiger partial charge < -0.3 is 10.8 Å². The molecule has 0 radical (unpaired) electrons. The molecule has 2 atom stereocenters. The molecule has 0 aromatic heterocycles. The van der Waals surface area contributed by atoms with Crippen LogP contribution in [0.1, 0.15) is 30.7 Å². The fourth-order valence-corrected chi connectivity index (χ4v) is 2.15. The fraction of sp³-hybridized carbons (Fsp3) is 0.455. The van der Waals surface area contributed by atoms with Gasteiger partial charge in [-0.25, -0.2) is 0 Å². The lowest BCUT2D eigenvalue weighted by Crippen LogP contribution is -2.41. The van der Waals surface area contributed by atoms with E-state index in [-0.39, 0.29) is 5.92 Å². The highest BCUT2D eigenvalue weighted by Crippen LogP contribution is 2.39. The van der Waals surface area contributed by atoms with E-state index in [0.717, 1.165) is 18.4 Å². The highest BCUT2D eigenvalue weighted by molar-refractivity contribution is 5.23. The standard InChI is InChI=1S/C11H15NO/c12-11(13)8-4-7-10(11)9-5-2-1-3-6-9/h1-3,5-6,10,13H,4,7-8,12H2. The number of hydrogen-bond donors (Lipinski definition) is 2. The first-order chi connectivity index (χ1) is 6.20. The summed E-state index contributed by atoms with van der Waals surface area (Å²) in [6, 6.07) is 10.0. The van der Waals surface area contributed by atoms with Gasteiger partial charge in [0.1, 0.15) is 5.72 Å². The van der Waals surface area contributed by atoms with Crippen molar-refractivity contribution >= 4 is 0 Å². The third-order valence-corrected chi connectivity index (χ3v) is 2.88. The van der Waals surface area contributed by atoms with Crippen LogP contribution in [0.25, 0.3) is 0 Å². The first-order valence-corrected chi connectivity index (χ1v) is 4.76. The quantitative estimate of drug-likeness (QED) is 0.640. The molecule has 3 N–H and O–H groups in total. The predicted octanol–water partition coefficient (Wildman–Crippen LogP) is 1.60. The molecule has 0 heterocycles. The van der Waals surface area contributed by atoms with Gasteiger partial charge in [0.25, 0.3) is 0 Å². The van der Waals surface area contributed by atoms with Crippen molar-refractivity contribution in [3.05, 3.63) is 35.9 Å². The Morgan fingerprint density at radius 1 is 1.31 bits per heavy atom. The summed E-state index contributed by atoms with van der Waals surface area (Å²) in [5.74, 6) is 0.119. The van der Waals surface area contributed by atoms with Crippen molar-refractivity contribution < 1.29 is 5.11 Å². The Hall–Kier alpha value is -0.860. The molecule has 2 heteroatoms. The van der Waals surface area contributed by atoms with Crippen molar-refractivity contribution in [3.63, 3.8) is 0 Å². The number of nitrogens with two attached hydrogens (primary N) is 1. The van der Waals surface area contributed by atoms with Crippen LogP contribution in [0.3, 0.4) is 0 Å². The van der Waals surface area contributed by atoms with E-state index < -0.39 is 5.72 Å². The Bertz CT molecular complexity index is 281. The van der Waals surface area contributed by atoms with E-state index in [1.165, 1.54) is 0 Å². The maximum absolute atomic E-state index is 9.89. The number of rotatable bonds is 1. The molecule has 1 fully saturated rings. The topological polar surface area (TPSA) is 46.2 Å². The van der Waals surface area contributed by atoms with E-state index in [9.17, 15) is 5.11 Å². The minimum Gasteiger partial charge on any atom is -0.375 e. The molecule has 2 nitrogen and oxygen atoms in total. The van der Waals surface area contributed by atoms with Crippen molar-refractivity contribution in [2.45, 2.75) is 30.9 Å². The Labute approximate surface area is 78.4 Å². The Morgan fingerprint density at radius 2 is 2.00 bits per heavy atom.